The van der Waals surface area contributed by atoms with Crippen molar-refractivity contribution in [3.8, 4) is 0 Å². The first-order valence-corrected chi connectivity index (χ1v) is 6.30. The second kappa shape index (κ2) is 5.10. The van der Waals surface area contributed by atoms with Crippen LogP contribution in [0.4, 0.5) is 0 Å². The second-order valence-corrected chi connectivity index (χ2v) is 4.74. The lowest BCUT2D eigenvalue weighted by Crippen LogP contribution is -2.26. The number of aryl methyl sites for hydroxylation is 1. The molecule has 0 aliphatic rings. The molecule has 0 spiro atoms. The summed E-state index contributed by atoms with van der Waals surface area (Å²) < 4.78 is 0. The van der Waals surface area contributed by atoms with Crippen molar-refractivity contribution in [2.75, 3.05) is 7.05 Å². The normalized spacial score (nSPS) is 10.2. The zero-order chi connectivity index (χ0) is 12.3. The van der Waals surface area contributed by atoms with Crippen molar-refractivity contribution >= 4 is 17.2 Å². The zero-order valence-electron chi connectivity index (χ0n) is 9.88. The fourth-order valence-electron chi connectivity index (χ4n) is 1.55. The number of carbonyl (C=O) groups is 1. The molecule has 0 bridgehead atoms. The summed E-state index contributed by atoms with van der Waals surface area (Å²) in [4.78, 5) is 17.6. The third-order valence-corrected chi connectivity index (χ3v) is 3.12. The summed E-state index contributed by atoms with van der Waals surface area (Å²) in [7, 11) is 1.79. The maximum atomic E-state index is 11.9. The molecule has 0 saturated carbocycles. The number of hydrogen-bond donors (Lipinski definition) is 0. The Morgan fingerprint density at radius 1 is 1.35 bits per heavy atom. The maximum Gasteiger partial charge on any atom is 0.273 e. The van der Waals surface area contributed by atoms with E-state index in [0.29, 0.717) is 12.2 Å². The summed E-state index contributed by atoms with van der Waals surface area (Å²) in [6.07, 6.45) is 0. The van der Waals surface area contributed by atoms with Gasteiger partial charge in [0.2, 0.25) is 0 Å². The fraction of sp³-hybridized carbons (Fsp3) is 0.231. The van der Waals surface area contributed by atoms with Gasteiger partial charge < -0.3 is 4.90 Å². The van der Waals surface area contributed by atoms with Crippen LogP contribution in [0.1, 0.15) is 21.6 Å². The fourth-order valence-corrected chi connectivity index (χ4v) is 2.08. The first-order chi connectivity index (χ1) is 8.16. The van der Waals surface area contributed by atoms with Crippen LogP contribution in [0, 0.1) is 6.92 Å². The average molecular weight is 246 g/mol. The Balaban J connectivity index is 2.04. The molecule has 1 amide bonds. The van der Waals surface area contributed by atoms with Gasteiger partial charge in [-0.3, -0.25) is 4.79 Å². The lowest BCUT2D eigenvalue weighted by molar-refractivity contribution is 0.0780. The average Bonchev–Trinajstić information content (AvgIpc) is 2.84. The molecule has 17 heavy (non-hydrogen) atoms. The Labute approximate surface area is 105 Å². The van der Waals surface area contributed by atoms with Gasteiger partial charge in [-0.1, -0.05) is 29.8 Å². The molecule has 3 nitrogen and oxygen atoms in total. The number of benzene rings is 1. The molecule has 1 heterocycles. The highest BCUT2D eigenvalue weighted by atomic mass is 32.1. The molecular formula is C13H14N2OS. The topological polar surface area (TPSA) is 33.2 Å². The molecule has 1 aromatic heterocycles. The van der Waals surface area contributed by atoms with E-state index >= 15 is 0 Å². The standard InChI is InChI=1S/C13H14N2OS/c1-10-3-5-11(6-4-10)7-15(2)13(16)12-8-17-9-14-12/h3-6,8-9H,7H2,1-2H3. The molecule has 0 aliphatic carbocycles. The highest BCUT2D eigenvalue weighted by molar-refractivity contribution is 7.07. The van der Waals surface area contributed by atoms with Crippen molar-refractivity contribution < 1.29 is 4.79 Å². The van der Waals surface area contributed by atoms with Crippen molar-refractivity contribution in [1.29, 1.82) is 0 Å². The number of thiazole rings is 1. The van der Waals surface area contributed by atoms with Crippen molar-refractivity contribution in [1.82, 2.24) is 9.88 Å². The molecule has 4 heteroatoms. The molecule has 0 atom stereocenters. The Morgan fingerprint density at radius 2 is 2.06 bits per heavy atom. The van der Waals surface area contributed by atoms with Crippen molar-refractivity contribution in [2.24, 2.45) is 0 Å². The molecule has 2 rings (SSSR count). The summed E-state index contributed by atoms with van der Waals surface area (Å²) >= 11 is 1.43. The monoisotopic (exact) mass is 246 g/mol. The molecule has 2 aromatic rings. The van der Waals surface area contributed by atoms with E-state index < -0.39 is 0 Å². The van der Waals surface area contributed by atoms with Crippen LogP contribution in [0.2, 0.25) is 0 Å². The van der Waals surface area contributed by atoms with Crippen LogP contribution in [0.15, 0.2) is 35.2 Å². The highest BCUT2D eigenvalue weighted by Crippen LogP contribution is 2.09. The molecule has 0 fully saturated rings. The first-order valence-electron chi connectivity index (χ1n) is 5.36. The van der Waals surface area contributed by atoms with E-state index in [2.05, 4.69) is 17.1 Å². The molecule has 88 valence electrons. The molecular weight excluding hydrogens is 232 g/mol. The van der Waals surface area contributed by atoms with Crippen LogP contribution in [0.5, 0.6) is 0 Å². The number of rotatable bonds is 3. The van der Waals surface area contributed by atoms with Crippen LogP contribution in [0.3, 0.4) is 0 Å². The minimum absolute atomic E-state index is 0.0353. The minimum atomic E-state index is -0.0353. The molecule has 1 aromatic carbocycles. The lowest BCUT2D eigenvalue weighted by atomic mass is 10.1. The van der Waals surface area contributed by atoms with E-state index in [-0.39, 0.29) is 5.91 Å². The summed E-state index contributed by atoms with van der Waals surface area (Å²) in [6, 6.07) is 8.19. The molecule has 0 aliphatic heterocycles. The Kier molecular flexibility index (Phi) is 3.54. The zero-order valence-corrected chi connectivity index (χ0v) is 10.7. The van der Waals surface area contributed by atoms with Gasteiger partial charge in [0.05, 0.1) is 5.51 Å². The Hall–Kier alpha value is -1.68. The van der Waals surface area contributed by atoms with Gasteiger partial charge in [-0.2, -0.15) is 0 Å². The predicted octanol–water partition coefficient (Wildman–Crippen LogP) is 2.72. The summed E-state index contributed by atoms with van der Waals surface area (Å²) in [5, 5.41) is 1.77. The van der Waals surface area contributed by atoms with Crippen molar-refractivity contribution in [3.63, 3.8) is 0 Å². The van der Waals surface area contributed by atoms with Gasteiger partial charge in [0.25, 0.3) is 5.91 Å². The van der Waals surface area contributed by atoms with E-state index in [1.807, 2.05) is 19.1 Å². The lowest BCUT2D eigenvalue weighted by Gasteiger charge is -2.16. The van der Waals surface area contributed by atoms with E-state index in [1.165, 1.54) is 16.9 Å². The Morgan fingerprint density at radius 3 is 2.65 bits per heavy atom. The van der Waals surface area contributed by atoms with Crippen molar-refractivity contribution in [3.05, 3.63) is 52.0 Å². The second-order valence-electron chi connectivity index (χ2n) is 4.02. The van der Waals surface area contributed by atoms with Gasteiger partial charge in [0.1, 0.15) is 5.69 Å². The number of aromatic nitrogens is 1. The van der Waals surface area contributed by atoms with E-state index in [4.69, 9.17) is 0 Å². The van der Waals surface area contributed by atoms with Crippen LogP contribution in [0.25, 0.3) is 0 Å². The third-order valence-electron chi connectivity index (χ3n) is 2.54. The predicted molar refractivity (Wildman–Crippen MR) is 69.1 cm³/mol. The van der Waals surface area contributed by atoms with Crippen LogP contribution in [-0.4, -0.2) is 22.8 Å². The summed E-state index contributed by atoms with van der Waals surface area (Å²) in [5.41, 5.74) is 4.54. The summed E-state index contributed by atoms with van der Waals surface area (Å²) in [5.74, 6) is -0.0353. The minimum Gasteiger partial charge on any atom is -0.336 e. The van der Waals surface area contributed by atoms with Gasteiger partial charge >= 0.3 is 0 Å². The van der Waals surface area contributed by atoms with Gasteiger partial charge in [-0.25, -0.2) is 4.98 Å². The number of hydrogen-bond acceptors (Lipinski definition) is 3. The number of nitrogens with zero attached hydrogens (tertiary/aromatic N) is 2. The molecule has 0 saturated heterocycles. The van der Waals surface area contributed by atoms with Gasteiger partial charge in [-0.15, -0.1) is 11.3 Å². The SMILES string of the molecule is Cc1ccc(CN(C)C(=O)c2cscn2)cc1. The van der Waals surface area contributed by atoms with Crippen LogP contribution < -0.4 is 0 Å². The van der Waals surface area contributed by atoms with E-state index in [9.17, 15) is 4.79 Å². The first kappa shape index (κ1) is 11.8. The van der Waals surface area contributed by atoms with Gasteiger partial charge in [0, 0.05) is 19.0 Å². The smallest absolute Gasteiger partial charge is 0.273 e. The maximum absolute atomic E-state index is 11.9. The van der Waals surface area contributed by atoms with Gasteiger partial charge in [0.15, 0.2) is 0 Å². The quantitative estimate of drug-likeness (QED) is 0.834. The van der Waals surface area contributed by atoms with Crippen LogP contribution >= 0.6 is 11.3 Å². The van der Waals surface area contributed by atoms with E-state index in [0.717, 1.165) is 5.56 Å². The molecule has 0 N–H and O–H groups in total. The summed E-state index contributed by atoms with van der Waals surface area (Å²) in [6.45, 7) is 2.66. The number of carbonyl (C=O) groups excluding carboxylic acids is 1. The number of amides is 1. The van der Waals surface area contributed by atoms with E-state index in [1.54, 1.807) is 22.8 Å². The largest absolute Gasteiger partial charge is 0.336 e. The Bertz CT molecular complexity index is 491. The van der Waals surface area contributed by atoms with Crippen molar-refractivity contribution in [2.45, 2.75) is 13.5 Å². The third kappa shape index (κ3) is 2.91. The van der Waals surface area contributed by atoms with Gasteiger partial charge in [-0.05, 0) is 12.5 Å². The van der Waals surface area contributed by atoms with Crippen LogP contribution in [-0.2, 0) is 6.54 Å². The molecule has 0 unspecified atom stereocenters. The highest BCUT2D eigenvalue weighted by Gasteiger charge is 2.13. The molecule has 0 radical (unpaired) electrons.